The van der Waals surface area contributed by atoms with Gasteiger partial charge in [-0.15, -0.1) is 0 Å². The molecule has 4 fully saturated rings. The summed E-state index contributed by atoms with van der Waals surface area (Å²) in [5, 5.41) is 9.35. The molecule has 0 aromatic carbocycles. The van der Waals surface area contributed by atoms with Crippen molar-refractivity contribution < 1.29 is 5.11 Å². The summed E-state index contributed by atoms with van der Waals surface area (Å²) in [6, 6.07) is 0. The molecule has 0 aromatic heterocycles. The maximum Gasteiger partial charge on any atom is 0.0602 e. The van der Waals surface area contributed by atoms with Crippen LogP contribution in [0, 0.1) is 23.7 Å². The number of hydrogen-bond acceptors (Lipinski definition) is 1. The molecule has 4 aliphatic carbocycles. The lowest BCUT2D eigenvalue weighted by atomic mass is 10.1. The zero-order valence-corrected chi connectivity index (χ0v) is 4.75. The van der Waals surface area contributed by atoms with Gasteiger partial charge in [0.15, 0.2) is 0 Å². The second-order valence-electron chi connectivity index (χ2n) is 3.63. The Bertz CT molecular complexity index is 129. The molecule has 0 amide bonds. The first-order valence-corrected chi connectivity index (χ1v) is 3.56. The smallest absolute Gasteiger partial charge is 0.0602 e. The van der Waals surface area contributed by atoms with E-state index >= 15 is 0 Å². The quantitative estimate of drug-likeness (QED) is 0.485. The first kappa shape index (κ1) is 3.89. The predicted molar refractivity (Wildman–Crippen MR) is 29.2 cm³/mol. The third-order valence-corrected chi connectivity index (χ3v) is 3.43. The highest BCUT2D eigenvalue weighted by atomic mass is 16.3. The van der Waals surface area contributed by atoms with Gasteiger partial charge in [-0.3, -0.25) is 0 Å². The molecule has 0 spiro atoms. The van der Waals surface area contributed by atoms with E-state index < -0.39 is 0 Å². The van der Waals surface area contributed by atoms with Crippen LogP contribution in [0.3, 0.4) is 0 Å². The van der Waals surface area contributed by atoms with Crippen LogP contribution in [-0.2, 0) is 0 Å². The van der Waals surface area contributed by atoms with E-state index in [0.29, 0.717) is 0 Å². The van der Waals surface area contributed by atoms with Crippen LogP contribution in [-0.4, -0.2) is 11.2 Å². The molecule has 0 aromatic rings. The molecule has 1 nitrogen and oxygen atoms in total. The second-order valence-corrected chi connectivity index (χ2v) is 3.63. The maximum atomic E-state index is 9.35. The largest absolute Gasteiger partial charge is 0.393 e. The zero-order chi connectivity index (χ0) is 5.30. The fourth-order valence-electron chi connectivity index (χ4n) is 3.03. The minimum atomic E-state index is 0.130. The molecular formula is C7H10O. The molecule has 0 heterocycles. The van der Waals surface area contributed by atoms with Crippen LogP contribution in [0.25, 0.3) is 0 Å². The van der Waals surface area contributed by atoms with Gasteiger partial charge in [0.1, 0.15) is 0 Å². The molecule has 4 saturated carbocycles. The van der Waals surface area contributed by atoms with Crippen molar-refractivity contribution in [2.24, 2.45) is 23.7 Å². The van der Waals surface area contributed by atoms with Crippen LogP contribution in [0.15, 0.2) is 0 Å². The van der Waals surface area contributed by atoms with Gasteiger partial charge in [0.05, 0.1) is 6.10 Å². The summed E-state index contributed by atoms with van der Waals surface area (Å²) in [6.07, 6.45) is 2.84. The summed E-state index contributed by atoms with van der Waals surface area (Å²) in [6.45, 7) is 0. The molecule has 0 radical (unpaired) electrons. The van der Waals surface area contributed by atoms with Crippen molar-refractivity contribution in [2.45, 2.75) is 18.9 Å². The molecule has 4 rings (SSSR count). The van der Waals surface area contributed by atoms with E-state index in [1.807, 2.05) is 0 Å². The van der Waals surface area contributed by atoms with Crippen molar-refractivity contribution >= 4 is 0 Å². The van der Waals surface area contributed by atoms with E-state index in [4.69, 9.17) is 0 Å². The van der Waals surface area contributed by atoms with E-state index in [2.05, 4.69) is 0 Å². The summed E-state index contributed by atoms with van der Waals surface area (Å²) in [5.41, 5.74) is 0. The molecular weight excluding hydrogens is 100 g/mol. The highest BCUT2D eigenvalue weighted by molar-refractivity contribution is 5.16. The van der Waals surface area contributed by atoms with Gasteiger partial charge in [0, 0.05) is 0 Å². The minimum absolute atomic E-state index is 0.130. The van der Waals surface area contributed by atoms with Gasteiger partial charge in [0.25, 0.3) is 0 Å². The number of aliphatic hydroxyl groups is 1. The van der Waals surface area contributed by atoms with Crippen LogP contribution < -0.4 is 0 Å². The van der Waals surface area contributed by atoms with Gasteiger partial charge in [-0.05, 0) is 36.5 Å². The molecule has 4 bridgehead atoms. The second kappa shape index (κ2) is 0.860. The van der Waals surface area contributed by atoms with Crippen LogP contribution in [0.1, 0.15) is 12.8 Å². The van der Waals surface area contributed by atoms with E-state index in [1.165, 1.54) is 12.8 Å². The van der Waals surface area contributed by atoms with Gasteiger partial charge in [-0.1, -0.05) is 0 Å². The Morgan fingerprint density at radius 1 is 1.12 bits per heavy atom. The topological polar surface area (TPSA) is 20.2 Å². The lowest BCUT2D eigenvalue weighted by Crippen LogP contribution is -2.09. The number of aliphatic hydroxyl groups excluding tert-OH is 1. The predicted octanol–water partition coefficient (Wildman–Crippen LogP) is 0.633. The van der Waals surface area contributed by atoms with Crippen molar-refractivity contribution in [3.63, 3.8) is 0 Å². The molecule has 4 aliphatic rings. The first-order chi connectivity index (χ1) is 3.88. The lowest BCUT2D eigenvalue weighted by molar-refractivity contribution is 0.135. The Hall–Kier alpha value is -0.0400. The minimum Gasteiger partial charge on any atom is -0.393 e. The first-order valence-electron chi connectivity index (χ1n) is 3.56. The normalized spacial score (nSPS) is 73.9. The molecule has 1 heteroatoms. The number of hydrogen-bond donors (Lipinski definition) is 1. The van der Waals surface area contributed by atoms with E-state index in [0.717, 1.165) is 23.7 Å². The summed E-state index contributed by atoms with van der Waals surface area (Å²) in [4.78, 5) is 0. The van der Waals surface area contributed by atoms with Gasteiger partial charge in [-0.25, -0.2) is 0 Å². The van der Waals surface area contributed by atoms with E-state index in [1.54, 1.807) is 0 Å². The number of rotatable bonds is 0. The molecule has 3 atom stereocenters. The summed E-state index contributed by atoms with van der Waals surface area (Å²) in [7, 11) is 0. The molecule has 0 unspecified atom stereocenters. The van der Waals surface area contributed by atoms with Gasteiger partial charge in [-0.2, -0.15) is 0 Å². The fraction of sp³-hybridized carbons (Fsp3) is 1.00. The lowest BCUT2D eigenvalue weighted by Gasteiger charge is -2.03. The molecule has 1 N–H and O–H groups in total. The van der Waals surface area contributed by atoms with E-state index in [9.17, 15) is 5.11 Å². The van der Waals surface area contributed by atoms with Crippen molar-refractivity contribution in [1.29, 1.82) is 0 Å². The molecule has 0 aliphatic heterocycles. The third kappa shape index (κ3) is 0.218. The Labute approximate surface area is 48.7 Å². The SMILES string of the molecule is O[C@@H]1C2C[C@H]3C1[C@@H]3C2. The van der Waals surface area contributed by atoms with Crippen LogP contribution in [0.2, 0.25) is 0 Å². The fourth-order valence-corrected chi connectivity index (χ4v) is 3.03. The van der Waals surface area contributed by atoms with Crippen molar-refractivity contribution in [3.05, 3.63) is 0 Å². The molecule has 44 valence electrons. The van der Waals surface area contributed by atoms with Gasteiger partial charge >= 0.3 is 0 Å². The molecule has 8 heavy (non-hydrogen) atoms. The van der Waals surface area contributed by atoms with Crippen molar-refractivity contribution in [3.8, 4) is 0 Å². The molecule has 0 saturated heterocycles. The average molecular weight is 110 g/mol. The highest BCUT2D eigenvalue weighted by Gasteiger charge is 2.68. The maximum absolute atomic E-state index is 9.35. The van der Waals surface area contributed by atoms with Gasteiger partial charge in [0.2, 0.25) is 0 Å². The average Bonchev–Trinajstić information content (AvgIpc) is 2.23. The summed E-state index contributed by atoms with van der Waals surface area (Å²) >= 11 is 0. The summed E-state index contributed by atoms with van der Waals surface area (Å²) < 4.78 is 0. The van der Waals surface area contributed by atoms with Crippen LogP contribution in [0.4, 0.5) is 0 Å². The Balaban J connectivity index is 2.10. The monoisotopic (exact) mass is 110 g/mol. The van der Waals surface area contributed by atoms with Crippen molar-refractivity contribution in [1.82, 2.24) is 0 Å². The van der Waals surface area contributed by atoms with Crippen molar-refractivity contribution in [2.75, 3.05) is 0 Å². The Morgan fingerprint density at radius 2 is 1.75 bits per heavy atom. The van der Waals surface area contributed by atoms with Crippen LogP contribution >= 0.6 is 0 Å². The van der Waals surface area contributed by atoms with E-state index in [-0.39, 0.29) is 6.10 Å². The zero-order valence-electron chi connectivity index (χ0n) is 4.75. The standard InChI is InChI=1S/C7H10O/c8-7-3-1-4-5(2-3)6(4)7/h3-8H,1-2H2/t3?,4-,5-,6?,7-/m1/s1. The Morgan fingerprint density at radius 3 is 1.88 bits per heavy atom. The van der Waals surface area contributed by atoms with Gasteiger partial charge < -0.3 is 5.11 Å². The third-order valence-electron chi connectivity index (χ3n) is 3.43. The summed E-state index contributed by atoms with van der Waals surface area (Å²) in [5.74, 6) is 3.47. The highest BCUT2D eigenvalue weighted by Crippen LogP contribution is 2.70. The van der Waals surface area contributed by atoms with Crippen LogP contribution in [0.5, 0.6) is 0 Å². The Kier molecular flexibility index (Phi) is 0.418.